The van der Waals surface area contributed by atoms with Crippen LogP contribution in [0.4, 0.5) is 11.5 Å². The molecule has 0 aliphatic carbocycles. The molecule has 1 saturated heterocycles. The van der Waals surface area contributed by atoms with Crippen LogP contribution in [0, 0.1) is 6.92 Å². The minimum atomic E-state index is -0.0351. The van der Waals surface area contributed by atoms with Crippen molar-refractivity contribution >= 4 is 11.5 Å². The molecule has 2 rings (SSSR count). The zero-order valence-electron chi connectivity index (χ0n) is 10.4. The highest BCUT2D eigenvalue weighted by Gasteiger charge is 2.34. The third kappa shape index (κ3) is 1.65. The Morgan fingerprint density at radius 1 is 1.44 bits per heavy atom. The lowest BCUT2D eigenvalue weighted by molar-refractivity contribution is 0.0635. The number of aromatic nitrogens is 2. The molecule has 1 fully saturated rings. The predicted octanol–water partition coefficient (Wildman–Crippen LogP) is 0.926. The lowest BCUT2D eigenvalue weighted by Crippen LogP contribution is -2.54. The fourth-order valence-electron chi connectivity index (χ4n) is 2.23. The van der Waals surface area contributed by atoms with Crippen molar-refractivity contribution in [3.63, 3.8) is 0 Å². The van der Waals surface area contributed by atoms with Gasteiger partial charge in [-0.3, -0.25) is 4.68 Å². The number of nitrogens with two attached hydrogens (primary N) is 1. The average molecular weight is 224 g/mol. The monoisotopic (exact) mass is 224 g/mol. The Morgan fingerprint density at radius 2 is 2.12 bits per heavy atom. The van der Waals surface area contributed by atoms with Crippen molar-refractivity contribution in [3.05, 3.63) is 5.69 Å². The van der Waals surface area contributed by atoms with E-state index in [1.54, 1.807) is 0 Å². The molecule has 5 heteroatoms. The van der Waals surface area contributed by atoms with Gasteiger partial charge in [0.15, 0.2) is 5.82 Å². The number of nitrogens with zero attached hydrogens (tertiary/aromatic N) is 3. The first-order chi connectivity index (χ1) is 7.43. The molecule has 5 nitrogen and oxygen atoms in total. The summed E-state index contributed by atoms with van der Waals surface area (Å²) in [4.78, 5) is 2.28. The number of ether oxygens (including phenoxy) is 1. The molecule has 1 aromatic rings. The second-order valence-electron chi connectivity index (χ2n) is 4.96. The molecule has 90 valence electrons. The molecular formula is C11H20N4O. The average Bonchev–Trinajstić information content (AvgIpc) is 2.42. The summed E-state index contributed by atoms with van der Waals surface area (Å²) in [6.45, 7) is 8.58. The van der Waals surface area contributed by atoms with E-state index in [-0.39, 0.29) is 5.54 Å². The maximum Gasteiger partial charge on any atom is 0.151 e. The number of anilines is 2. The van der Waals surface area contributed by atoms with Crippen LogP contribution < -0.4 is 10.6 Å². The maximum atomic E-state index is 6.09. The summed E-state index contributed by atoms with van der Waals surface area (Å²) in [6.07, 6.45) is 0. The lowest BCUT2D eigenvalue weighted by Gasteiger charge is -2.43. The Balaban J connectivity index is 2.42. The van der Waals surface area contributed by atoms with Crippen molar-refractivity contribution in [1.29, 1.82) is 0 Å². The summed E-state index contributed by atoms with van der Waals surface area (Å²) in [5.74, 6) is 1.01. The van der Waals surface area contributed by atoms with E-state index >= 15 is 0 Å². The van der Waals surface area contributed by atoms with Crippen LogP contribution in [0.25, 0.3) is 0 Å². The van der Waals surface area contributed by atoms with Crippen LogP contribution in [0.3, 0.4) is 0 Å². The minimum Gasteiger partial charge on any atom is -0.394 e. The van der Waals surface area contributed by atoms with E-state index in [9.17, 15) is 0 Å². The molecule has 1 aromatic heterocycles. The Hall–Kier alpha value is -1.23. The second-order valence-corrected chi connectivity index (χ2v) is 4.96. The fourth-order valence-corrected chi connectivity index (χ4v) is 2.23. The van der Waals surface area contributed by atoms with Crippen molar-refractivity contribution in [2.75, 3.05) is 30.4 Å². The van der Waals surface area contributed by atoms with Crippen molar-refractivity contribution in [1.82, 2.24) is 9.78 Å². The van der Waals surface area contributed by atoms with Crippen LogP contribution in [0.15, 0.2) is 0 Å². The van der Waals surface area contributed by atoms with Gasteiger partial charge in [-0.05, 0) is 20.8 Å². The lowest BCUT2D eigenvalue weighted by atomic mass is 10.0. The van der Waals surface area contributed by atoms with E-state index in [0.29, 0.717) is 0 Å². The number of morpholine rings is 1. The smallest absolute Gasteiger partial charge is 0.151 e. The van der Waals surface area contributed by atoms with Crippen LogP contribution in [0.5, 0.6) is 0 Å². The molecule has 1 aliphatic heterocycles. The first kappa shape index (κ1) is 11.3. The number of nitrogen functional groups attached to an aromatic ring is 1. The van der Waals surface area contributed by atoms with Gasteiger partial charge in [-0.15, -0.1) is 0 Å². The third-order valence-corrected chi connectivity index (χ3v) is 3.14. The van der Waals surface area contributed by atoms with Gasteiger partial charge in [0, 0.05) is 13.6 Å². The molecule has 1 aliphatic rings. The predicted molar refractivity (Wildman–Crippen MR) is 64.6 cm³/mol. The highest BCUT2D eigenvalue weighted by Crippen LogP contribution is 2.32. The second kappa shape index (κ2) is 3.66. The van der Waals surface area contributed by atoms with Crippen LogP contribution in [-0.2, 0) is 11.8 Å². The van der Waals surface area contributed by atoms with Crippen molar-refractivity contribution in [2.45, 2.75) is 26.3 Å². The summed E-state index contributed by atoms with van der Waals surface area (Å²) in [5, 5.41) is 4.36. The van der Waals surface area contributed by atoms with Gasteiger partial charge in [-0.25, -0.2) is 0 Å². The molecule has 2 N–H and O–H groups in total. The largest absolute Gasteiger partial charge is 0.394 e. The van der Waals surface area contributed by atoms with Crippen molar-refractivity contribution < 1.29 is 4.74 Å². The summed E-state index contributed by atoms with van der Waals surface area (Å²) in [6, 6.07) is 0. The minimum absolute atomic E-state index is 0.0351. The van der Waals surface area contributed by atoms with E-state index in [1.165, 1.54) is 0 Å². The Morgan fingerprint density at radius 3 is 2.62 bits per heavy atom. The van der Waals surface area contributed by atoms with Crippen molar-refractivity contribution in [3.8, 4) is 0 Å². The van der Waals surface area contributed by atoms with Gasteiger partial charge >= 0.3 is 0 Å². The molecule has 0 spiro atoms. The number of hydrogen-bond donors (Lipinski definition) is 1. The summed E-state index contributed by atoms with van der Waals surface area (Å²) < 4.78 is 7.37. The van der Waals surface area contributed by atoms with E-state index < -0.39 is 0 Å². The van der Waals surface area contributed by atoms with E-state index in [2.05, 4.69) is 23.8 Å². The first-order valence-corrected chi connectivity index (χ1v) is 5.58. The Labute approximate surface area is 96.2 Å². The SMILES string of the molecule is Cc1nn(C)c(N2CCOCC2(C)C)c1N. The van der Waals surface area contributed by atoms with Crippen molar-refractivity contribution in [2.24, 2.45) is 7.05 Å². The van der Waals surface area contributed by atoms with Gasteiger partial charge in [-0.1, -0.05) is 0 Å². The summed E-state index contributed by atoms with van der Waals surface area (Å²) in [5.41, 5.74) is 7.72. The van der Waals surface area contributed by atoms with E-state index in [1.807, 2.05) is 18.7 Å². The molecule has 0 aromatic carbocycles. The van der Waals surface area contributed by atoms with Gasteiger partial charge in [0.2, 0.25) is 0 Å². The highest BCUT2D eigenvalue weighted by atomic mass is 16.5. The maximum absolute atomic E-state index is 6.09. The molecule has 16 heavy (non-hydrogen) atoms. The normalized spacial score (nSPS) is 20.1. The quantitative estimate of drug-likeness (QED) is 0.771. The van der Waals surface area contributed by atoms with Crippen LogP contribution in [0.1, 0.15) is 19.5 Å². The van der Waals surface area contributed by atoms with Gasteiger partial charge in [0.1, 0.15) is 0 Å². The highest BCUT2D eigenvalue weighted by molar-refractivity contribution is 5.67. The number of hydrogen-bond acceptors (Lipinski definition) is 4. The van der Waals surface area contributed by atoms with Gasteiger partial charge in [0.25, 0.3) is 0 Å². The van der Waals surface area contributed by atoms with E-state index in [4.69, 9.17) is 10.5 Å². The standard InChI is InChI=1S/C11H20N4O/c1-8-9(12)10(14(4)13-8)15-5-6-16-7-11(15,2)3/h5-7,12H2,1-4H3. The number of rotatable bonds is 1. The number of aryl methyl sites for hydroxylation is 2. The topological polar surface area (TPSA) is 56.3 Å². The molecular weight excluding hydrogens is 204 g/mol. The van der Waals surface area contributed by atoms with Crippen LogP contribution >= 0.6 is 0 Å². The first-order valence-electron chi connectivity index (χ1n) is 5.58. The fraction of sp³-hybridized carbons (Fsp3) is 0.727. The van der Waals surface area contributed by atoms with Gasteiger partial charge in [0.05, 0.1) is 30.1 Å². The zero-order valence-corrected chi connectivity index (χ0v) is 10.4. The third-order valence-electron chi connectivity index (χ3n) is 3.14. The van der Waals surface area contributed by atoms with E-state index in [0.717, 1.165) is 37.0 Å². The molecule has 0 unspecified atom stereocenters. The Kier molecular flexibility index (Phi) is 2.58. The molecule has 0 saturated carbocycles. The van der Waals surface area contributed by atoms with Gasteiger partial charge in [-0.2, -0.15) is 5.10 Å². The summed E-state index contributed by atoms with van der Waals surface area (Å²) in [7, 11) is 1.93. The molecule has 0 radical (unpaired) electrons. The summed E-state index contributed by atoms with van der Waals surface area (Å²) >= 11 is 0. The molecule has 0 atom stereocenters. The van der Waals surface area contributed by atoms with Crippen LogP contribution in [0.2, 0.25) is 0 Å². The van der Waals surface area contributed by atoms with Gasteiger partial charge < -0.3 is 15.4 Å². The molecule has 0 bridgehead atoms. The zero-order chi connectivity index (χ0) is 11.9. The Bertz CT molecular complexity index is 397. The molecule has 0 amide bonds. The van der Waals surface area contributed by atoms with Crippen LogP contribution in [-0.4, -0.2) is 35.1 Å². The molecule has 2 heterocycles.